The minimum absolute atomic E-state index is 0.0273. The average Bonchev–Trinajstić information content (AvgIpc) is 2.30. The van der Waals surface area contributed by atoms with Crippen molar-refractivity contribution in [3.8, 4) is 0 Å². The van der Waals surface area contributed by atoms with Gasteiger partial charge in [-0.1, -0.05) is 6.92 Å². The van der Waals surface area contributed by atoms with Gasteiger partial charge in [0.2, 0.25) is 5.91 Å². The van der Waals surface area contributed by atoms with E-state index < -0.39 is 17.3 Å². The molecule has 0 atom stereocenters. The summed E-state index contributed by atoms with van der Waals surface area (Å²) >= 11 is 0. The number of carboxylic acid groups (broad SMARTS) is 1. The SMILES string of the molecule is CCC1(NC(=O)CCC(=O)O)COC(C)(C)OC1. The number of carboxylic acids is 1. The van der Waals surface area contributed by atoms with Crippen LogP contribution in [-0.2, 0) is 19.1 Å². The molecule has 1 rings (SSSR count). The number of ether oxygens (including phenoxy) is 2. The standard InChI is InChI=1S/C12H21NO5/c1-4-12(7-17-11(2,3)18-8-12)13-9(14)5-6-10(15)16/h4-8H2,1-3H3,(H,13,14)(H,15,16). The number of amides is 1. The zero-order valence-corrected chi connectivity index (χ0v) is 11.1. The number of rotatable bonds is 5. The summed E-state index contributed by atoms with van der Waals surface area (Å²) in [7, 11) is 0. The molecular formula is C12H21NO5. The van der Waals surface area contributed by atoms with Crippen molar-refractivity contribution in [3.63, 3.8) is 0 Å². The molecule has 0 aromatic heterocycles. The Morgan fingerprint density at radius 3 is 2.22 bits per heavy atom. The van der Waals surface area contributed by atoms with Gasteiger partial charge in [-0.2, -0.15) is 0 Å². The number of nitrogens with one attached hydrogen (secondary N) is 1. The van der Waals surface area contributed by atoms with E-state index in [-0.39, 0.29) is 18.7 Å². The highest BCUT2D eigenvalue weighted by Gasteiger charge is 2.39. The summed E-state index contributed by atoms with van der Waals surface area (Å²) in [6.45, 7) is 6.31. The third-order valence-electron chi connectivity index (χ3n) is 3.04. The number of carbonyl (C=O) groups is 2. The van der Waals surface area contributed by atoms with E-state index in [2.05, 4.69) is 5.32 Å². The molecule has 0 saturated carbocycles. The van der Waals surface area contributed by atoms with Gasteiger partial charge in [0.05, 0.1) is 25.2 Å². The maximum Gasteiger partial charge on any atom is 0.303 e. The fourth-order valence-electron chi connectivity index (χ4n) is 1.65. The highest BCUT2D eigenvalue weighted by Crippen LogP contribution is 2.25. The summed E-state index contributed by atoms with van der Waals surface area (Å²) < 4.78 is 11.1. The molecule has 6 heteroatoms. The van der Waals surface area contributed by atoms with Gasteiger partial charge in [-0.3, -0.25) is 9.59 Å². The normalized spacial score (nSPS) is 21.3. The maximum absolute atomic E-state index is 11.7. The molecule has 0 aromatic carbocycles. The van der Waals surface area contributed by atoms with E-state index in [1.165, 1.54) is 0 Å². The number of carbonyl (C=O) groups excluding carboxylic acids is 1. The van der Waals surface area contributed by atoms with Gasteiger partial charge in [-0.05, 0) is 20.3 Å². The Balaban J connectivity index is 2.51. The van der Waals surface area contributed by atoms with E-state index in [9.17, 15) is 9.59 Å². The van der Waals surface area contributed by atoms with Crippen LogP contribution in [0.2, 0.25) is 0 Å². The highest BCUT2D eigenvalue weighted by molar-refractivity contribution is 5.81. The molecule has 1 amide bonds. The second-order valence-corrected chi connectivity index (χ2v) is 5.05. The largest absolute Gasteiger partial charge is 0.481 e. The first-order valence-electron chi connectivity index (χ1n) is 6.09. The van der Waals surface area contributed by atoms with E-state index in [0.29, 0.717) is 19.6 Å². The molecule has 1 saturated heterocycles. The van der Waals surface area contributed by atoms with Gasteiger partial charge in [-0.15, -0.1) is 0 Å². The van der Waals surface area contributed by atoms with E-state index in [0.717, 1.165) is 0 Å². The zero-order chi connectivity index (χ0) is 13.8. The van der Waals surface area contributed by atoms with Crippen LogP contribution in [0.5, 0.6) is 0 Å². The van der Waals surface area contributed by atoms with Crippen LogP contribution in [0, 0.1) is 0 Å². The van der Waals surface area contributed by atoms with Crippen LogP contribution in [0.15, 0.2) is 0 Å². The first-order chi connectivity index (χ1) is 8.29. The monoisotopic (exact) mass is 259 g/mol. The Kier molecular flexibility index (Phi) is 4.70. The van der Waals surface area contributed by atoms with Crippen LogP contribution < -0.4 is 5.32 Å². The van der Waals surface area contributed by atoms with Crippen molar-refractivity contribution >= 4 is 11.9 Å². The maximum atomic E-state index is 11.7. The first kappa shape index (κ1) is 14.9. The molecule has 0 radical (unpaired) electrons. The van der Waals surface area contributed by atoms with Crippen LogP contribution in [0.1, 0.15) is 40.0 Å². The molecule has 1 aliphatic rings. The molecule has 0 aliphatic carbocycles. The van der Waals surface area contributed by atoms with Crippen LogP contribution in [0.25, 0.3) is 0 Å². The van der Waals surface area contributed by atoms with Gasteiger partial charge in [0, 0.05) is 6.42 Å². The topological polar surface area (TPSA) is 84.9 Å². The molecule has 0 unspecified atom stereocenters. The smallest absolute Gasteiger partial charge is 0.303 e. The molecule has 0 spiro atoms. The van der Waals surface area contributed by atoms with Crippen LogP contribution in [-0.4, -0.2) is 41.5 Å². The van der Waals surface area contributed by atoms with Crippen LogP contribution in [0.3, 0.4) is 0 Å². The minimum atomic E-state index is -0.979. The minimum Gasteiger partial charge on any atom is -0.481 e. The van der Waals surface area contributed by atoms with Gasteiger partial charge in [0.1, 0.15) is 0 Å². The lowest BCUT2D eigenvalue weighted by molar-refractivity contribution is -0.271. The van der Waals surface area contributed by atoms with Gasteiger partial charge >= 0.3 is 5.97 Å². The Labute approximate surface area is 107 Å². The molecule has 1 fully saturated rings. The molecule has 2 N–H and O–H groups in total. The Bertz CT molecular complexity index is 316. The van der Waals surface area contributed by atoms with E-state index in [1.807, 2.05) is 20.8 Å². The third-order valence-corrected chi connectivity index (χ3v) is 3.04. The molecule has 104 valence electrons. The average molecular weight is 259 g/mol. The van der Waals surface area contributed by atoms with E-state index in [4.69, 9.17) is 14.6 Å². The van der Waals surface area contributed by atoms with Gasteiger partial charge in [0.15, 0.2) is 5.79 Å². The predicted molar refractivity (Wildman–Crippen MR) is 64.0 cm³/mol. The second-order valence-electron chi connectivity index (χ2n) is 5.05. The molecule has 0 aromatic rings. The van der Waals surface area contributed by atoms with Crippen molar-refractivity contribution in [1.29, 1.82) is 0 Å². The van der Waals surface area contributed by atoms with E-state index in [1.54, 1.807) is 0 Å². The van der Waals surface area contributed by atoms with Gasteiger partial charge < -0.3 is 19.9 Å². The Morgan fingerprint density at radius 2 is 1.78 bits per heavy atom. The Morgan fingerprint density at radius 1 is 1.22 bits per heavy atom. The zero-order valence-electron chi connectivity index (χ0n) is 11.1. The molecule has 6 nitrogen and oxygen atoms in total. The number of aliphatic carboxylic acids is 1. The fraction of sp³-hybridized carbons (Fsp3) is 0.833. The molecule has 1 aliphatic heterocycles. The third kappa shape index (κ3) is 4.27. The molecule has 18 heavy (non-hydrogen) atoms. The predicted octanol–water partition coefficient (Wildman–Crippen LogP) is 0.899. The van der Waals surface area contributed by atoms with Gasteiger partial charge in [-0.25, -0.2) is 0 Å². The summed E-state index contributed by atoms with van der Waals surface area (Å²) in [4.78, 5) is 22.1. The van der Waals surface area contributed by atoms with Crippen molar-refractivity contribution < 1.29 is 24.2 Å². The summed E-state index contributed by atoms with van der Waals surface area (Å²) in [5, 5.41) is 11.4. The quantitative estimate of drug-likeness (QED) is 0.766. The summed E-state index contributed by atoms with van der Waals surface area (Å²) in [6.07, 6.45) is 0.473. The fourth-order valence-corrected chi connectivity index (χ4v) is 1.65. The lowest BCUT2D eigenvalue weighted by Crippen LogP contribution is -2.60. The summed E-state index contributed by atoms with van der Waals surface area (Å²) in [6, 6.07) is 0. The Hall–Kier alpha value is -1.14. The molecule has 1 heterocycles. The second kappa shape index (κ2) is 5.67. The van der Waals surface area contributed by atoms with Crippen molar-refractivity contribution in [2.75, 3.05) is 13.2 Å². The summed E-state index contributed by atoms with van der Waals surface area (Å²) in [5.74, 6) is -1.90. The summed E-state index contributed by atoms with van der Waals surface area (Å²) in [5.41, 5.74) is -0.550. The van der Waals surface area contributed by atoms with Crippen molar-refractivity contribution in [2.24, 2.45) is 0 Å². The van der Waals surface area contributed by atoms with Crippen molar-refractivity contribution in [1.82, 2.24) is 5.32 Å². The first-order valence-corrected chi connectivity index (χ1v) is 6.09. The van der Waals surface area contributed by atoms with Crippen molar-refractivity contribution in [3.05, 3.63) is 0 Å². The lowest BCUT2D eigenvalue weighted by Gasteiger charge is -2.43. The lowest BCUT2D eigenvalue weighted by atomic mass is 9.96. The highest BCUT2D eigenvalue weighted by atomic mass is 16.7. The number of hydrogen-bond acceptors (Lipinski definition) is 4. The molecular weight excluding hydrogens is 238 g/mol. The van der Waals surface area contributed by atoms with Crippen LogP contribution in [0.4, 0.5) is 0 Å². The van der Waals surface area contributed by atoms with Gasteiger partial charge in [0.25, 0.3) is 0 Å². The molecule has 0 bridgehead atoms. The van der Waals surface area contributed by atoms with Crippen LogP contribution >= 0.6 is 0 Å². The van der Waals surface area contributed by atoms with Crippen molar-refractivity contribution in [2.45, 2.75) is 51.4 Å². The number of hydrogen-bond donors (Lipinski definition) is 2. The van der Waals surface area contributed by atoms with E-state index >= 15 is 0 Å².